The highest BCUT2D eigenvalue weighted by Crippen LogP contribution is 2.15. The average Bonchev–Trinajstić information content (AvgIpc) is 3.35. The quantitative estimate of drug-likeness (QED) is 0.443. The lowest BCUT2D eigenvalue weighted by molar-refractivity contribution is -0.385. The molecule has 0 saturated carbocycles. The number of hydrogen-bond acceptors (Lipinski definition) is 6. The first-order valence-corrected chi connectivity index (χ1v) is 10.2. The van der Waals surface area contributed by atoms with Crippen LogP contribution < -0.4 is 0 Å². The summed E-state index contributed by atoms with van der Waals surface area (Å²) in [6.07, 6.45) is 4.68. The largest absolute Gasteiger partial charge is 0.336 e. The van der Waals surface area contributed by atoms with Crippen molar-refractivity contribution in [1.82, 2.24) is 29.4 Å². The van der Waals surface area contributed by atoms with E-state index < -0.39 is 4.92 Å². The lowest BCUT2D eigenvalue weighted by Crippen LogP contribution is -2.48. The number of aryl methyl sites for hydroxylation is 2. The maximum atomic E-state index is 12.9. The molecule has 1 aliphatic rings. The van der Waals surface area contributed by atoms with Gasteiger partial charge in [-0.25, -0.2) is 0 Å². The number of nitrogens with zero attached hydrogens (tertiary/aromatic N) is 7. The normalized spacial score (nSPS) is 14.7. The molecule has 0 radical (unpaired) electrons. The molecule has 0 unspecified atom stereocenters. The van der Waals surface area contributed by atoms with E-state index in [1.54, 1.807) is 12.1 Å². The van der Waals surface area contributed by atoms with E-state index in [1.807, 2.05) is 35.7 Å². The molecule has 162 valence electrons. The van der Waals surface area contributed by atoms with Gasteiger partial charge < -0.3 is 4.90 Å². The van der Waals surface area contributed by atoms with Crippen molar-refractivity contribution in [3.05, 3.63) is 75.4 Å². The lowest BCUT2D eigenvalue weighted by atomic mass is 10.1. The van der Waals surface area contributed by atoms with E-state index in [4.69, 9.17) is 0 Å². The van der Waals surface area contributed by atoms with Gasteiger partial charge in [-0.1, -0.05) is 12.1 Å². The maximum absolute atomic E-state index is 12.9. The number of carbonyl (C=O) groups excluding carboxylic acids is 1. The van der Waals surface area contributed by atoms with Gasteiger partial charge in [0.25, 0.3) is 5.91 Å². The van der Waals surface area contributed by atoms with Crippen LogP contribution in [0, 0.1) is 17.0 Å². The molecule has 1 fully saturated rings. The van der Waals surface area contributed by atoms with Crippen molar-refractivity contribution in [3.63, 3.8) is 0 Å². The Morgan fingerprint density at radius 1 is 1.10 bits per heavy atom. The summed E-state index contributed by atoms with van der Waals surface area (Å²) >= 11 is 0. The highest BCUT2D eigenvalue weighted by atomic mass is 16.6. The molecule has 1 aliphatic heterocycles. The van der Waals surface area contributed by atoms with Gasteiger partial charge in [-0.05, 0) is 24.6 Å². The van der Waals surface area contributed by atoms with Crippen LogP contribution in [0.5, 0.6) is 0 Å². The minimum Gasteiger partial charge on any atom is -0.336 e. The molecule has 31 heavy (non-hydrogen) atoms. The summed E-state index contributed by atoms with van der Waals surface area (Å²) in [4.78, 5) is 27.4. The lowest BCUT2D eigenvalue weighted by Gasteiger charge is -2.34. The number of amides is 1. The molecule has 0 aliphatic carbocycles. The van der Waals surface area contributed by atoms with E-state index >= 15 is 0 Å². The Labute approximate surface area is 179 Å². The van der Waals surface area contributed by atoms with Crippen molar-refractivity contribution in [2.75, 3.05) is 26.2 Å². The number of benzene rings is 1. The van der Waals surface area contributed by atoms with E-state index in [9.17, 15) is 14.9 Å². The molecule has 2 aromatic heterocycles. The van der Waals surface area contributed by atoms with Gasteiger partial charge in [-0.15, -0.1) is 0 Å². The third-order valence-electron chi connectivity index (χ3n) is 5.54. The highest BCUT2D eigenvalue weighted by Gasteiger charge is 2.23. The molecule has 10 nitrogen and oxygen atoms in total. The summed E-state index contributed by atoms with van der Waals surface area (Å²) in [7, 11) is 1.93. The topological polar surface area (TPSA) is 102 Å². The number of carbonyl (C=O) groups is 1. The zero-order chi connectivity index (χ0) is 22.0. The smallest absolute Gasteiger partial charge is 0.307 e. The average molecular weight is 423 g/mol. The monoisotopic (exact) mass is 423 g/mol. The minimum atomic E-state index is -0.469. The van der Waals surface area contributed by atoms with Gasteiger partial charge in [-0.2, -0.15) is 10.2 Å². The van der Waals surface area contributed by atoms with Crippen LogP contribution in [0.2, 0.25) is 0 Å². The van der Waals surface area contributed by atoms with Gasteiger partial charge in [0.05, 0.1) is 17.2 Å². The van der Waals surface area contributed by atoms with Crippen LogP contribution in [-0.4, -0.2) is 66.4 Å². The first-order valence-electron chi connectivity index (χ1n) is 10.2. The van der Waals surface area contributed by atoms with Crippen molar-refractivity contribution in [2.45, 2.75) is 20.0 Å². The Morgan fingerprint density at radius 3 is 2.39 bits per heavy atom. The fourth-order valence-electron chi connectivity index (χ4n) is 3.81. The minimum absolute atomic E-state index is 0.0264. The number of aromatic nitrogens is 4. The van der Waals surface area contributed by atoms with E-state index in [2.05, 4.69) is 21.3 Å². The summed E-state index contributed by atoms with van der Waals surface area (Å²) in [5.41, 5.74) is 3.80. The maximum Gasteiger partial charge on any atom is 0.307 e. The molecular formula is C21H25N7O3. The third-order valence-corrected chi connectivity index (χ3v) is 5.54. The summed E-state index contributed by atoms with van der Waals surface area (Å²) in [6.45, 7) is 6.32. The molecule has 10 heteroatoms. The van der Waals surface area contributed by atoms with Crippen LogP contribution in [0.4, 0.5) is 5.69 Å². The van der Waals surface area contributed by atoms with Crippen LogP contribution in [0.15, 0.2) is 42.9 Å². The summed E-state index contributed by atoms with van der Waals surface area (Å²) in [5.74, 6) is 0.0264. The molecule has 4 rings (SSSR count). The Kier molecular flexibility index (Phi) is 5.81. The van der Waals surface area contributed by atoms with Gasteiger partial charge in [-0.3, -0.25) is 29.2 Å². The molecule has 0 bridgehead atoms. The molecular weight excluding hydrogens is 398 g/mol. The summed E-state index contributed by atoms with van der Waals surface area (Å²) in [5, 5.41) is 19.2. The second-order valence-electron chi connectivity index (χ2n) is 7.83. The van der Waals surface area contributed by atoms with Gasteiger partial charge in [0.2, 0.25) is 0 Å². The van der Waals surface area contributed by atoms with E-state index in [-0.39, 0.29) is 11.6 Å². The Hall–Kier alpha value is -3.53. The van der Waals surface area contributed by atoms with Crippen molar-refractivity contribution < 1.29 is 9.72 Å². The molecule has 0 N–H and O–H groups in total. The second-order valence-corrected chi connectivity index (χ2v) is 7.83. The van der Waals surface area contributed by atoms with Crippen molar-refractivity contribution in [3.8, 4) is 0 Å². The van der Waals surface area contributed by atoms with Gasteiger partial charge in [0.15, 0.2) is 0 Å². The molecule has 0 spiro atoms. The SMILES string of the molecule is Cc1nn(C)cc1CN1CCN(C(=O)c2ccc(Cn3cc([N+](=O)[O-])cn3)cc2)CC1. The fourth-order valence-corrected chi connectivity index (χ4v) is 3.81. The number of nitro groups is 1. The van der Waals surface area contributed by atoms with E-state index in [0.717, 1.165) is 30.9 Å². The van der Waals surface area contributed by atoms with Crippen LogP contribution in [-0.2, 0) is 20.1 Å². The molecule has 1 amide bonds. The van der Waals surface area contributed by atoms with Gasteiger partial charge in [0.1, 0.15) is 12.4 Å². The Balaban J connectivity index is 1.31. The Bertz CT molecular complexity index is 1080. The predicted molar refractivity (Wildman–Crippen MR) is 114 cm³/mol. The first-order chi connectivity index (χ1) is 14.9. The zero-order valence-corrected chi connectivity index (χ0v) is 17.6. The molecule has 0 atom stereocenters. The summed E-state index contributed by atoms with van der Waals surface area (Å²) < 4.78 is 3.35. The molecule has 3 heterocycles. The highest BCUT2D eigenvalue weighted by molar-refractivity contribution is 5.94. The summed E-state index contributed by atoms with van der Waals surface area (Å²) in [6, 6.07) is 7.34. The van der Waals surface area contributed by atoms with E-state index in [0.29, 0.717) is 25.2 Å². The van der Waals surface area contributed by atoms with Gasteiger partial charge >= 0.3 is 5.69 Å². The zero-order valence-electron chi connectivity index (χ0n) is 17.6. The van der Waals surface area contributed by atoms with Crippen LogP contribution >= 0.6 is 0 Å². The van der Waals surface area contributed by atoms with Crippen molar-refractivity contribution in [2.24, 2.45) is 7.05 Å². The second kappa shape index (κ2) is 8.68. The standard InChI is InChI=1S/C21H25N7O3/c1-16-19(13-24(2)23-16)14-25-7-9-26(10-8-25)21(29)18-5-3-17(4-6-18)12-27-15-20(11-22-27)28(30)31/h3-6,11,13,15H,7-10,12,14H2,1-2H3. The Morgan fingerprint density at radius 2 is 1.81 bits per heavy atom. The first kappa shape index (κ1) is 20.7. The van der Waals surface area contributed by atoms with Gasteiger partial charge in [0, 0.05) is 57.1 Å². The third kappa shape index (κ3) is 4.80. The van der Waals surface area contributed by atoms with Crippen LogP contribution in [0.1, 0.15) is 27.2 Å². The van der Waals surface area contributed by atoms with Crippen molar-refractivity contribution >= 4 is 11.6 Å². The molecule has 1 saturated heterocycles. The van der Waals surface area contributed by atoms with Crippen molar-refractivity contribution in [1.29, 1.82) is 0 Å². The molecule has 3 aromatic rings. The number of piperazine rings is 1. The van der Waals surface area contributed by atoms with Crippen LogP contribution in [0.3, 0.4) is 0 Å². The fraction of sp³-hybridized carbons (Fsp3) is 0.381. The van der Waals surface area contributed by atoms with Crippen LogP contribution in [0.25, 0.3) is 0 Å². The number of rotatable bonds is 6. The molecule has 1 aromatic carbocycles. The number of hydrogen-bond donors (Lipinski definition) is 0. The van der Waals surface area contributed by atoms with E-state index in [1.165, 1.54) is 22.6 Å². The predicted octanol–water partition coefficient (Wildman–Crippen LogP) is 1.84.